The predicted molar refractivity (Wildman–Crippen MR) is 127 cm³/mol. The van der Waals surface area contributed by atoms with Gasteiger partial charge in [0.2, 0.25) is 0 Å². The summed E-state index contributed by atoms with van der Waals surface area (Å²) in [4.78, 5) is 46.5. The summed E-state index contributed by atoms with van der Waals surface area (Å²) in [5.41, 5.74) is 0.832. The maximum atomic E-state index is 14.1. The van der Waals surface area contributed by atoms with Crippen molar-refractivity contribution >= 4 is 17.1 Å². The van der Waals surface area contributed by atoms with E-state index in [2.05, 4.69) is 15.3 Å². The minimum atomic E-state index is -1.10. The zero-order chi connectivity index (χ0) is 24.5. The Balaban J connectivity index is 1.66. The predicted octanol–water partition coefficient (Wildman–Crippen LogP) is 3.50. The fourth-order valence-electron chi connectivity index (χ4n) is 4.73. The molecule has 3 aromatic heterocycles. The Kier molecular flexibility index (Phi) is 5.86. The molecule has 5 rings (SSSR count). The van der Waals surface area contributed by atoms with Crippen molar-refractivity contribution in [3.63, 3.8) is 0 Å². The lowest BCUT2D eigenvalue weighted by Crippen LogP contribution is -2.45. The highest BCUT2D eigenvalue weighted by molar-refractivity contribution is 5.76. The normalized spacial score (nSPS) is 17.9. The third kappa shape index (κ3) is 4.30. The number of pyridine rings is 2. The second kappa shape index (κ2) is 9.13. The van der Waals surface area contributed by atoms with Gasteiger partial charge in [-0.05, 0) is 56.0 Å². The van der Waals surface area contributed by atoms with Crippen molar-refractivity contribution in [2.24, 2.45) is 0 Å². The van der Waals surface area contributed by atoms with Gasteiger partial charge in [0, 0.05) is 23.8 Å². The maximum absolute atomic E-state index is 14.1. The van der Waals surface area contributed by atoms with Gasteiger partial charge in [-0.2, -0.15) is 0 Å². The van der Waals surface area contributed by atoms with Gasteiger partial charge in [-0.3, -0.25) is 14.3 Å². The lowest BCUT2D eigenvalue weighted by atomic mass is 9.91. The van der Waals surface area contributed by atoms with Crippen LogP contribution >= 0.6 is 0 Å². The minimum absolute atomic E-state index is 0.00127. The smallest absolute Gasteiger partial charge is 0.404 e. The first-order valence-corrected chi connectivity index (χ1v) is 11.3. The molecule has 1 aromatic carbocycles. The van der Waals surface area contributed by atoms with Crippen molar-refractivity contribution in [2.75, 3.05) is 0 Å². The van der Waals surface area contributed by atoms with Crippen LogP contribution in [0, 0.1) is 5.82 Å². The molecule has 0 aliphatic heterocycles. The zero-order valence-electron chi connectivity index (χ0n) is 18.6. The Labute approximate surface area is 198 Å². The fourth-order valence-corrected chi connectivity index (χ4v) is 4.73. The fraction of sp³-hybridized carbons (Fsp3) is 0.240. The number of nitrogens with zero attached hydrogens (tertiary/aromatic N) is 4. The van der Waals surface area contributed by atoms with Crippen molar-refractivity contribution in [1.82, 2.24) is 24.4 Å². The maximum Gasteiger partial charge on any atom is 0.404 e. The molecule has 4 aromatic rings. The number of benzene rings is 1. The van der Waals surface area contributed by atoms with Crippen LogP contribution < -0.4 is 16.6 Å². The molecule has 0 saturated heterocycles. The number of carbonyl (C=O) groups is 1. The lowest BCUT2D eigenvalue weighted by Gasteiger charge is -2.29. The Bertz CT molecular complexity index is 1520. The summed E-state index contributed by atoms with van der Waals surface area (Å²) in [6.07, 6.45) is 3.38. The summed E-state index contributed by atoms with van der Waals surface area (Å²) < 4.78 is 16.6. The lowest BCUT2D eigenvalue weighted by molar-refractivity contribution is 0.182. The van der Waals surface area contributed by atoms with Crippen LogP contribution in [-0.4, -0.2) is 36.3 Å². The number of hydrogen-bond acceptors (Lipinski definition) is 5. The van der Waals surface area contributed by atoms with E-state index in [1.807, 2.05) is 18.2 Å². The van der Waals surface area contributed by atoms with E-state index in [4.69, 9.17) is 5.11 Å². The minimum Gasteiger partial charge on any atom is -0.465 e. The molecule has 1 amide bonds. The first kappa shape index (κ1) is 22.5. The van der Waals surface area contributed by atoms with E-state index in [0.717, 1.165) is 22.4 Å². The Morgan fingerprint density at radius 3 is 2.54 bits per heavy atom. The molecule has 0 unspecified atom stereocenters. The number of fused-ring (bicyclic) bond motifs is 1. The average Bonchev–Trinajstić information content (AvgIpc) is 2.86. The van der Waals surface area contributed by atoms with Crippen LogP contribution in [0.5, 0.6) is 0 Å². The van der Waals surface area contributed by atoms with E-state index < -0.39 is 29.2 Å². The van der Waals surface area contributed by atoms with Gasteiger partial charge in [-0.25, -0.2) is 23.5 Å². The summed E-state index contributed by atoms with van der Waals surface area (Å²) in [6, 6.07) is 13.1. The molecule has 1 fully saturated rings. The molecule has 1 aliphatic rings. The molecule has 0 bridgehead atoms. The third-order valence-corrected chi connectivity index (χ3v) is 6.35. The molecule has 1 aliphatic carbocycles. The van der Waals surface area contributed by atoms with Crippen LogP contribution in [-0.2, 0) is 0 Å². The highest BCUT2D eigenvalue weighted by Crippen LogP contribution is 2.28. The highest BCUT2D eigenvalue weighted by atomic mass is 19.1. The number of hydrogen-bond donors (Lipinski definition) is 2. The molecule has 2 N–H and O–H groups in total. The first-order chi connectivity index (χ1) is 16.9. The molecule has 3 heterocycles. The second-order valence-electron chi connectivity index (χ2n) is 8.54. The largest absolute Gasteiger partial charge is 0.465 e. The van der Waals surface area contributed by atoms with Crippen LogP contribution in [0.15, 0.2) is 70.5 Å². The van der Waals surface area contributed by atoms with Gasteiger partial charge in [0.1, 0.15) is 5.82 Å². The van der Waals surface area contributed by atoms with Crippen LogP contribution in [0.4, 0.5) is 9.18 Å². The van der Waals surface area contributed by atoms with Gasteiger partial charge in [0.15, 0.2) is 5.65 Å². The second-order valence-corrected chi connectivity index (χ2v) is 8.54. The van der Waals surface area contributed by atoms with Crippen molar-refractivity contribution < 1.29 is 14.3 Å². The summed E-state index contributed by atoms with van der Waals surface area (Å²) >= 11 is 0. The van der Waals surface area contributed by atoms with Crippen molar-refractivity contribution in [3.05, 3.63) is 87.6 Å². The Morgan fingerprint density at radius 1 is 1.03 bits per heavy atom. The zero-order valence-corrected chi connectivity index (χ0v) is 18.6. The Hall–Kier alpha value is -4.34. The molecule has 0 radical (unpaired) electrons. The topological polar surface area (TPSA) is 119 Å². The van der Waals surface area contributed by atoms with Crippen LogP contribution in [0.25, 0.3) is 28.0 Å². The van der Waals surface area contributed by atoms with Crippen LogP contribution in [0.3, 0.4) is 0 Å². The van der Waals surface area contributed by atoms with Crippen LogP contribution in [0.1, 0.15) is 31.7 Å². The molecule has 9 nitrogen and oxygen atoms in total. The van der Waals surface area contributed by atoms with Crippen LogP contribution in [0.2, 0.25) is 0 Å². The van der Waals surface area contributed by atoms with Crippen molar-refractivity contribution in [3.8, 4) is 16.9 Å². The molecular formula is C25H22FN5O4. The van der Waals surface area contributed by atoms with Gasteiger partial charge in [-0.15, -0.1) is 0 Å². The van der Waals surface area contributed by atoms with E-state index >= 15 is 0 Å². The van der Waals surface area contributed by atoms with Crippen molar-refractivity contribution in [1.29, 1.82) is 0 Å². The molecule has 35 heavy (non-hydrogen) atoms. The number of nitrogens with one attached hydrogen (secondary N) is 1. The van der Waals surface area contributed by atoms with E-state index in [-0.39, 0.29) is 17.1 Å². The average molecular weight is 475 g/mol. The number of rotatable bonds is 4. The highest BCUT2D eigenvalue weighted by Gasteiger charge is 2.28. The summed E-state index contributed by atoms with van der Waals surface area (Å²) in [6.45, 7) is 0. The Morgan fingerprint density at radius 2 is 1.83 bits per heavy atom. The third-order valence-electron chi connectivity index (χ3n) is 6.35. The summed E-state index contributed by atoms with van der Waals surface area (Å²) in [5, 5.41) is 11.4. The molecule has 0 spiro atoms. The van der Waals surface area contributed by atoms with Gasteiger partial charge in [0.25, 0.3) is 5.56 Å². The number of amides is 1. The monoisotopic (exact) mass is 475 g/mol. The molecule has 1 saturated carbocycles. The number of aromatic nitrogens is 4. The number of halogens is 1. The van der Waals surface area contributed by atoms with Gasteiger partial charge >= 0.3 is 11.8 Å². The SMILES string of the molecule is O=C(O)NC1CCC(n2c(=O)c3cc(F)cnc3n(-c3cccc(-c4ccccn4)c3)c2=O)CC1. The molecular weight excluding hydrogens is 453 g/mol. The molecule has 178 valence electrons. The molecule has 10 heteroatoms. The van der Waals surface area contributed by atoms with Crippen molar-refractivity contribution in [2.45, 2.75) is 37.8 Å². The quantitative estimate of drug-likeness (QED) is 0.466. The van der Waals surface area contributed by atoms with E-state index in [1.54, 1.807) is 30.5 Å². The van der Waals surface area contributed by atoms with E-state index in [9.17, 15) is 18.8 Å². The standard InChI is InChI=1S/C25H22FN5O4/c26-16-13-20-22(28-14-16)30(19-5-3-4-15(12-19)21-6-1-2-11-27-21)25(35)31(23(20)32)18-9-7-17(8-10-18)29-24(33)34/h1-6,11-14,17-18,29H,7-10H2,(H,33,34). The van der Waals surface area contributed by atoms with E-state index in [1.165, 1.54) is 4.57 Å². The number of carboxylic acid groups (broad SMARTS) is 1. The molecule has 0 atom stereocenters. The first-order valence-electron chi connectivity index (χ1n) is 11.3. The van der Waals surface area contributed by atoms with Gasteiger partial charge in [-0.1, -0.05) is 18.2 Å². The summed E-state index contributed by atoms with van der Waals surface area (Å²) in [7, 11) is 0. The van der Waals surface area contributed by atoms with Gasteiger partial charge in [0.05, 0.1) is 23.0 Å². The van der Waals surface area contributed by atoms with E-state index in [0.29, 0.717) is 37.1 Å². The summed E-state index contributed by atoms with van der Waals surface area (Å²) in [5.74, 6) is -0.678. The van der Waals surface area contributed by atoms with Gasteiger partial charge < -0.3 is 10.4 Å².